The number of nitrogens with one attached hydrogen (secondary N) is 2. The Morgan fingerprint density at radius 2 is 2.29 bits per heavy atom. The van der Waals surface area contributed by atoms with Crippen molar-refractivity contribution in [2.45, 2.75) is 33.4 Å². The second-order valence-electron chi connectivity index (χ2n) is 5.04. The van der Waals surface area contributed by atoms with Gasteiger partial charge in [0.15, 0.2) is 0 Å². The summed E-state index contributed by atoms with van der Waals surface area (Å²) >= 11 is 0. The van der Waals surface area contributed by atoms with Crippen molar-refractivity contribution in [3.8, 4) is 0 Å². The van der Waals surface area contributed by atoms with Gasteiger partial charge in [0.2, 0.25) is 0 Å². The Kier molecular flexibility index (Phi) is 4.06. The molecule has 2 aromatic rings. The summed E-state index contributed by atoms with van der Waals surface area (Å²) in [6.45, 7) is 5.90. The zero-order chi connectivity index (χ0) is 15.6. The van der Waals surface area contributed by atoms with E-state index in [1.54, 1.807) is 10.8 Å². The van der Waals surface area contributed by atoms with Gasteiger partial charge in [0.25, 0.3) is 11.6 Å². The van der Waals surface area contributed by atoms with Gasteiger partial charge < -0.3 is 9.88 Å². The fraction of sp³-hybridized carbons (Fsp3) is 0.385. The molecule has 0 atom stereocenters. The van der Waals surface area contributed by atoms with E-state index in [0.29, 0.717) is 6.54 Å². The Labute approximate surface area is 121 Å². The first-order valence-electron chi connectivity index (χ1n) is 6.53. The Morgan fingerprint density at radius 1 is 1.57 bits per heavy atom. The van der Waals surface area contributed by atoms with Crippen molar-refractivity contribution < 1.29 is 9.72 Å². The smallest absolute Gasteiger partial charge is 0.287 e. The molecular weight excluding hydrogens is 274 g/mol. The van der Waals surface area contributed by atoms with Crippen molar-refractivity contribution in [1.29, 1.82) is 0 Å². The summed E-state index contributed by atoms with van der Waals surface area (Å²) in [5, 5.41) is 20.3. The van der Waals surface area contributed by atoms with E-state index in [2.05, 4.69) is 15.5 Å². The first-order chi connectivity index (χ1) is 9.90. The molecule has 8 heteroatoms. The van der Waals surface area contributed by atoms with Crippen LogP contribution in [0.4, 0.5) is 5.69 Å². The van der Waals surface area contributed by atoms with Gasteiger partial charge in [-0.1, -0.05) is 0 Å². The lowest BCUT2D eigenvalue weighted by Gasteiger charge is -2.12. The number of nitrogens with zero attached hydrogens (tertiary/aromatic N) is 3. The second-order valence-corrected chi connectivity index (χ2v) is 5.04. The molecule has 21 heavy (non-hydrogen) atoms. The van der Waals surface area contributed by atoms with Crippen LogP contribution in [-0.4, -0.2) is 25.6 Å². The quantitative estimate of drug-likeness (QED) is 0.648. The largest absolute Gasteiger partial charge is 0.347 e. The average Bonchev–Trinajstić information content (AvgIpc) is 3.02. The summed E-state index contributed by atoms with van der Waals surface area (Å²) in [7, 11) is 0. The van der Waals surface area contributed by atoms with E-state index < -0.39 is 4.92 Å². The Bertz CT molecular complexity index is 671. The predicted octanol–water partition coefficient (Wildman–Crippen LogP) is 1.94. The van der Waals surface area contributed by atoms with Gasteiger partial charge in [-0.2, -0.15) is 5.10 Å². The summed E-state index contributed by atoms with van der Waals surface area (Å²) in [5.74, 6) is -0.350. The van der Waals surface area contributed by atoms with Gasteiger partial charge in [-0.25, -0.2) is 0 Å². The Hall–Kier alpha value is -2.64. The van der Waals surface area contributed by atoms with Gasteiger partial charge in [0, 0.05) is 29.9 Å². The molecule has 0 aliphatic heterocycles. The maximum atomic E-state index is 12.2. The van der Waals surface area contributed by atoms with Crippen LogP contribution in [-0.2, 0) is 6.54 Å². The topological polar surface area (TPSA) is 106 Å². The second kappa shape index (κ2) is 5.78. The van der Waals surface area contributed by atoms with Crippen LogP contribution >= 0.6 is 0 Å². The molecule has 2 rings (SSSR count). The fourth-order valence-electron chi connectivity index (χ4n) is 1.99. The number of rotatable bonds is 5. The SMILES string of the molecule is Cc1[nH]ncc1CNC(=O)c1cc([N+](=O)[O-])cn1C(C)C. The Balaban J connectivity index is 2.18. The lowest BCUT2D eigenvalue weighted by atomic mass is 10.2. The van der Waals surface area contributed by atoms with E-state index >= 15 is 0 Å². The fourth-order valence-corrected chi connectivity index (χ4v) is 1.99. The summed E-state index contributed by atoms with van der Waals surface area (Å²) in [6, 6.07) is 1.24. The van der Waals surface area contributed by atoms with E-state index in [9.17, 15) is 14.9 Å². The first-order valence-corrected chi connectivity index (χ1v) is 6.53. The van der Waals surface area contributed by atoms with Crippen molar-refractivity contribution in [1.82, 2.24) is 20.1 Å². The van der Waals surface area contributed by atoms with Gasteiger partial charge in [-0.3, -0.25) is 20.0 Å². The van der Waals surface area contributed by atoms with Crippen molar-refractivity contribution >= 4 is 11.6 Å². The molecule has 0 saturated heterocycles. The molecule has 0 aliphatic rings. The highest BCUT2D eigenvalue weighted by Crippen LogP contribution is 2.20. The summed E-state index contributed by atoms with van der Waals surface area (Å²) in [4.78, 5) is 22.6. The zero-order valence-corrected chi connectivity index (χ0v) is 12.1. The maximum absolute atomic E-state index is 12.2. The van der Waals surface area contributed by atoms with Crippen molar-refractivity contribution in [3.05, 3.63) is 45.5 Å². The molecule has 2 aromatic heterocycles. The van der Waals surface area contributed by atoms with Crippen molar-refractivity contribution in [2.75, 3.05) is 0 Å². The number of nitro groups is 1. The highest BCUT2D eigenvalue weighted by Gasteiger charge is 2.20. The van der Waals surface area contributed by atoms with E-state index in [-0.39, 0.29) is 23.3 Å². The molecule has 0 saturated carbocycles. The normalized spacial score (nSPS) is 10.9. The van der Waals surface area contributed by atoms with Gasteiger partial charge in [0.1, 0.15) is 5.69 Å². The molecule has 8 nitrogen and oxygen atoms in total. The molecule has 0 radical (unpaired) electrons. The highest BCUT2D eigenvalue weighted by molar-refractivity contribution is 5.93. The monoisotopic (exact) mass is 291 g/mol. The highest BCUT2D eigenvalue weighted by atomic mass is 16.6. The standard InChI is InChI=1S/C13H17N5O3/c1-8(2)17-7-11(18(20)21)4-12(17)13(19)14-5-10-6-15-16-9(10)3/h4,6-8H,5H2,1-3H3,(H,14,19)(H,15,16). The van der Waals surface area contributed by atoms with E-state index in [1.807, 2.05) is 20.8 Å². The summed E-state index contributed by atoms with van der Waals surface area (Å²) < 4.78 is 1.59. The number of carbonyl (C=O) groups excluding carboxylic acids is 1. The van der Waals surface area contributed by atoms with E-state index in [4.69, 9.17) is 0 Å². The minimum absolute atomic E-state index is 0.0462. The van der Waals surface area contributed by atoms with E-state index in [0.717, 1.165) is 11.3 Å². The lowest BCUT2D eigenvalue weighted by molar-refractivity contribution is -0.384. The molecule has 2 N–H and O–H groups in total. The van der Waals surface area contributed by atoms with Crippen LogP contribution in [0.15, 0.2) is 18.5 Å². The van der Waals surface area contributed by atoms with Crippen LogP contribution in [0.3, 0.4) is 0 Å². The molecule has 0 aromatic carbocycles. The number of hydrogen-bond donors (Lipinski definition) is 2. The third-order valence-corrected chi connectivity index (χ3v) is 3.21. The molecular formula is C13H17N5O3. The molecule has 112 valence electrons. The lowest BCUT2D eigenvalue weighted by Crippen LogP contribution is -2.26. The number of aryl methyl sites for hydroxylation is 1. The molecule has 2 heterocycles. The minimum Gasteiger partial charge on any atom is -0.347 e. The summed E-state index contributed by atoms with van der Waals surface area (Å²) in [6.07, 6.45) is 3.02. The maximum Gasteiger partial charge on any atom is 0.287 e. The number of hydrogen-bond acceptors (Lipinski definition) is 4. The van der Waals surface area contributed by atoms with Crippen molar-refractivity contribution in [2.24, 2.45) is 0 Å². The predicted molar refractivity (Wildman–Crippen MR) is 76.0 cm³/mol. The molecule has 1 amide bonds. The molecule has 0 unspecified atom stereocenters. The van der Waals surface area contributed by atoms with Crippen LogP contribution in [0, 0.1) is 17.0 Å². The van der Waals surface area contributed by atoms with Crippen LogP contribution in [0.2, 0.25) is 0 Å². The van der Waals surface area contributed by atoms with Crippen molar-refractivity contribution in [3.63, 3.8) is 0 Å². The Morgan fingerprint density at radius 3 is 2.81 bits per heavy atom. The summed E-state index contributed by atoms with van der Waals surface area (Å²) in [5.41, 5.74) is 1.94. The van der Waals surface area contributed by atoms with Crippen LogP contribution in [0.25, 0.3) is 0 Å². The number of H-pyrrole nitrogens is 1. The first kappa shape index (κ1) is 14.8. The molecule has 0 aliphatic carbocycles. The van der Waals surface area contributed by atoms with E-state index in [1.165, 1.54) is 12.3 Å². The van der Waals surface area contributed by atoms with Gasteiger partial charge in [0.05, 0.1) is 17.3 Å². The van der Waals surface area contributed by atoms with Gasteiger partial charge >= 0.3 is 0 Å². The van der Waals surface area contributed by atoms with Crippen LogP contribution in [0.5, 0.6) is 0 Å². The third kappa shape index (κ3) is 3.10. The number of aromatic amines is 1. The van der Waals surface area contributed by atoms with Gasteiger partial charge in [-0.05, 0) is 20.8 Å². The molecule has 0 bridgehead atoms. The minimum atomic E-state index is -0.504. The molecule has 0 spiro atoms. The average molecular weight is 291 g/mol. The van der Waals surface area contributed by atoms with Gasteiger partial charge in [-0.15, -0.1) is 0 Å². The van der Waals surface area contributed by atoms with Crippen LogP contribution < -0.4 is 5.32 Å². The number of carbonyl (C=O) groups is 1. The zero-order valence-electron chi connectivity index (χ0n) is 12.1. The van der Waals surface area contributed by atoms with Crippen LogP contribution in [0.1, 0.15) is 41.6 Å². The molecule has 0 fully saturated rings. The third-order valence-electron chi connectivity index (χ3n) is 3.21. The number of amides is 1. The number of aromatic nitrogens is 3.